The number of likely N-dealkylation sites (tertiary alicyclic amines) is 1. The van der Waals surface area contributed by atoms with Crippen LogP contribution in [0.4, 0.5) is 4.79 Å². The second-order valence-electron chi connectivity index (χ2n) is 8.74. The Balaban J connectivity index is 1.46. The van der Waals surface area contributed by atoms with Gasteiger partial charge in [0.15, 0.2) is 0 Å². The number of hydrogen-bond donors (Lipinski definition) is 5. The predicted octanol–water partition coefficient (Wildman–Crippen LogP) is 0.147. The SMILES string of the molecule is Cc1ccccc1S(=O)(=O)NC(=O)N1CCCC(C(=O)NCCC(=O)N[C@@H](Cc2cnc[nH]2)C(=O)O)C1. The minimum absolute atomic E-state index is 0.00244. The average molecular weight is 535 g/mol. The number of imidazole rings is 1. The van der Waals surface area contributed by atoms with Crippen LogP contribution in [-0.4, -0.2) is 77.9 Å². The van der Waals surface area contributed by atoms with Gasteiger partial charge in [0.2, 0.25) is 11.8 Å². The van der Waals surface area contributed by atoms with Crippen LogP contribution >= 0.6 is 0 Å². The first kappa shape index (κ1) is 27.6. The molecule has 2 aromatic rings. The number of nitrogens with one attached hydrogen (secondary N) is 4. The lowest BCUT2D eigenvalue weighted by Gasteiger charge is -2.32. The van der Waals surface area contributed by atoms with Gasteiger partial charge in [0, 0.05) is 44.4 Å². The molecule has 0 aliphatic carbocycles. The van der Waals surface area contributed by atoms with E-state index in [1.807, 2.05) is 0 Å². The molecule has 4 amide bonds. The van der Waals surface area contributed by atoms with Gasteiger partial charge in [0.05, 0.1) is 17.1 Å². The van der Waals surface area contributed by atoms with Crippen LogP contribution < -0.4 is 15.4 Å². The summed E-state index contributed by atoms with van der Waals surface area (Å²) in [7, 11) is -4.07. The maximum absolute atomic E-state index is 12.6. The summed E-state index contributed by atoms with van der Waals surface area (Å²) in [6.45, 7) is 1.93. The molecule has 1 aromatic heterocycles. The highest BCUT2D eigenvalue weighted by Gasteiger charge is 2.31. The number of aromatic nitrogens is 2. The summed E-state index contributed by atoms with van der Waals surface area (Å²) >= 11 is 0. The minimum atomic E-state index is -4.07. The zero-order chi connectivity index (χ0) is 27.0. The van der Waals surface area contributed by atoms with Crippen molar-refractivity contribution in [3.8, 4) is 0 Å². The van der Waals surface area contributed by atoms with Crippen LogP contribution in [0, 0.1) is 12.8 Å². The number of hydrogen-bond acceptors (Lipinski definition) is 7. The number of piperidine rings is 1. The highest BCUT2D eigenvalue weighted by molar-refractivity contribution is 7.90. The maximum atomic E-state index is 12.6. The summed E-state index contributed by atoms with van der Waals surface area (Å²) in [5, 5.41) is 14.4. The van der Waals surface area contributed by atoms with Crippen molar-refractivity contribution in [3.63, 3.8) is 0 Å². The Kier molecular flexibility index (Phi) is 9.22. The van der Waals surface area contributed by atoms with Crippen LogP contribution in [0.15, 0.2) is 41.7 Å². The van der Waals surface area contributed by atoms with Gasteiger partial charge >= 0.3 is 12.0 Å². The Hall–Kier alpha value is -3.94. The number of benzene rings is 1. The highest BCUT2D eigenvalue weighted by atomic mass is 32.2. The third-order valence-corrected chi connectivity index (χ3v) is 7.43. The van der Waals surface area contributed by atoms with E-state index in [4.69, 9.17) is 0 Å². The molecule has 2 atom stereocenters. The summed E-state index contributed by atoms with van der Waals surface area (Å²) in [6, 6.07) is 4.33. The topological polar surface area (TPSA) is 191 Å². The van der Waals surface area contributed by atoms with Crippen molar-refractivity contribution in [2.45, 2.75) is 43.5 Å². The van der Waals surface area contributed by atoms with E-state index in [0.29, 0.717) is 30.6 Å². The predicted molar refractivity (Wildman–Crippen MR) is 131 cm³/mol. The summed E-state index contributed by atoms with van der Waals surface area (Å²) < 4.78 is 27.3. The lowest BCUT2D eigenvalue weighted by Crippen LogP contribution is -2.50. The van der Waals surface area contributed by atoms with E-state index in [0.717, 1.165) is 0 Å². The molecule has 13 nitrogen and oxygen atoms in total. The first-order chi connectivity index (χ1) is 17.6. The second-order valence-corrected chi connectivity index (χ2v) is 10.4. The number of carbonyl (C=O) groups is 4. The fraction of sp³-hybridized carbons (Fsp3) is 0.435. The van der Waals surface area contributed by atoms with Crippen LogP contribution in [0.25, 0.3) is 0 Å². The summed E-state index contributed by atoms with van der Waals surface area (Å²) in [6.07, 6.45) is 3.78. The van der Waals surface area contributed by atoms with Crippen molar-refractivity contribution in [1.82, 2.24) is 30.2 Å². The molecule has 3 rings (SSSR count). The molecule has 1 fully saturated rings. The highest BCUT2D eigenvalue weighted by Crippen LogP contribution is 2.18. The zero-order valence-corrected chi connectivity index (χ0v) is 21.1. The Morgan fingerprint density at radius 3 is 2.68 bits per heavy atom. The van der Waals surface area contributed by atoms with E-state index in [1.54, 1.807) is 25.1 Å². The Morgan fingerprint density at radius 1 is 1.24 bits per heavy atom. The lowest BCUT2D eigenvalue weighted by molar-refractivity contribution is -0.141. The van der Waals surface area contributed by atoms with Crippen molar-refractivity contribution >= 4 is 33.8 Å². The van der Waals surface area contributed by atoms with Gasteiger partial charge in [-0.1, -0.05) is 18.2 Å². The van der Waals surface area contributed by atoms with Gasteiger partial charge in [-0.3, -0.25) is 9.59 Å². The molecule has 1 aromatic carbocycles. The van der Waals surface area contributed by atoms with Gasteiger partial charge in [0.25, 0.3) is 10.0 Å². The number of aliphatic carboxylic acids is 1. The summed E-state index contributed by atoms with van der Waals surface area (Å²) in [5.41, 5.74) is 1.05. The van der Waals surface area contributed by atoms with E-state index >= 15 is 0 Å². The zero-order valence-electron chi connectivity index (χ0n) is 20.3. The molecule has 1 unspecified atom stereocenters. The molecule has 1 aliphatic rings. The maximum Gasteiger partial charge on any atom is 0.331 e. The number of H-pyrrole nitrogens is 1. The van der Waals surface area contributed by atoms with E-state index < -0.39 is 39.9 Å². The van der Waals surface area contributed by atoms with E-state index in [1.165, 1.54) is 23.5 Å². The van der Waals surface area contributed by atoms with E-state index in [9.17, 15) is 32.7 Å². The molecular weight excluding hydrogens is 504 g/mol. The van der Waals surface area contributed by atoms with Crippen LogP contribution in [0.2, 0.25) is 0 Å². The molecular formula is C23H30N6O7S. The largest absolute Gasteiger partial charge is 0.480 e. The minimum Gasteiger partial charge on any atom is -0.480 e. The normalized spacial score (nSPS) is 16.5. The van der Waals surface area contributed by atoms with E-state index in [2.05, 4.69) is 25.3 Å². The summed E-state index contributed by atoms with van der Waals surface area (Å²) in [5.74, 6) is -2.69. The Morgan fingerprint density at radius 2 is 2.00 bits per heavy atom. The number of carboxylic acid groups (broad SMARTS) is 1. The van der Waals surface area contributed by atoms with Gasteiger partial charge in [0.1, 0.15) is 6.04 Å². The quantitative estimate of drug-likeness (QED) is 0.284. The fourth-order valence-corrected chi connectivity index (χ4v) is 5.21. The van der Waals surface area contributed by atoms with Crippen molar-refractivity contribution < 1.29 is 32.7 Å². The van der Waals surface area contributed by atoms with Gasteiger partial charge in [-0.2, -0.15) is 0 Å². The van der Waals surface area contributed by atoms with Crippen LogP contribution in [-0.2, 0) is 30.8 Å². The monoisotopic (exact) mass is 534 g/mol. The van der Waals surface area contributed by atoms with Crippen LogP contribution in [0.3, 0.4) is 0 Å². The second kappa shape index (κ2) is 12.3. The van der Waals surface area contributed by atoms with Crippen LogP contribution in [0.1, 0.15) is 30.5 Å². The number of aryl methyl sites for hydroxylation is 1. The number of sulfonamides is 1. The number of amides is 4. The number of aromatic amines is 1. The molecule has 200 valence electrons. The van der Waals surface area contributed by atoms with Gasteiger partial charge in [-0.05, 0) is 31.4 Å². The summed E-state index contributed by atoms with van der Waals surface area (Å²) in [4.78, 5) is 56.7. The average Bonchev–Trinajstić information content (AvgIpc) is 3.36. The van der Waals surface area contributed by atoms with E-state index in [-0.39, 0.29) is 36.7 Å². The van der Waals surface area contributed by atoms with Gasteiger partial charge in [-0.25, -0.2) is 27.7 Å². The standard InChI is InChI=1S/C23H30N6O7S/c1-15-5-2-3-7-19(15)37(35,36)28-23(34)29-10-4-6-16(13-29)21(31)25-9-8-20(30)27-18(22(32)33)11-17-12-24-14-26-17/h2-3,5,7,12,14,16,18H,4,6,8-11,13H2,1H3,(H,24,26)(H,25,31)(H,27,30)(H,28,34)(H,32,33)/t16?,18-/m0/s1. The van der Waals surface area contributed by atoms with Gasteiger partial charge in [-0.15, -0.1) is 0 Å². The first-order valence-electron chi connectivity index (χ1n) is 11.7. The molecule has 2 heterocycles. The molecule has 0 spiro atoms. The first-order valence-corrected chi connectivity index (χ1v) is 13.2. The number of carboxylic acids is 1. The third kappa shape index (κ3) is 7.77. The molecule has 0 saturated carbocycles. The molecule has 0 radical (unpaired) electrons. The molecule has 1 aliphatic heterocycles. The Labute approximate surface area is 214 Å². The van der Waals surface area contributed by atoms with Gasteiger partial charge < -0.3 is 25.6 Å². The van der Waals surface area contributed by atoms with Crippen molar-refractivity contribution in [1.29, 1.82) is 0 Å². The molecule has 5 N–H and O–H groups in total. The molecule has 37 heavy (non-hydrogen) atoms. The van der Waals surface area contributed by atoms with Crippen molar-refractivity contribution in [3.05, 3.63) is 48.0 Å². The van der Waals surface area contributed by atoms with Crippen molar-refractivity contribution in [2.75, 3.05) is 19.6 Å². The smallest absolute Gasteiger partial charge is 0.331 e. The number of carbonyl (C=O) groups excluding carboxylic acids is 3. The molecule has 14 heteroatoms. The number of nitrogens with zero attached hydrogens (tertiary/aromatic N) is 2. The van der Waals surface area contributed by atoms with Crippen LogP contribution in [0.5, 0.6) is 0 Å². The number of urea groups is 1. The Bertz CT molecular complexity index is 1230. The fourth-order valence-electron chi connectivity index (χ4n) is 3.99. The third-order valence-electron chi connectivity index (χ3n) is 5.95. The molecule has 0 bridgehead atoms. The lowest BCUT2D eigenvalue weighted by atomic mass is 9.97. The van der Waals surface area contributed by atoms with Crippen molar-refractivity contribution in [2.24, 2.45) is 5.92 Å². The number of rotatable bonds is 10. The molecule has 1 saturated heterocycles.